The lowest BCUT2D eigenvalue weighted by Crippen LogP contribution is -2.49. The maximum atomic E-state index is 3.64. The van der Waals surface area contributed by atoms with Crippen molar-refractivity contribution in [3.05, 3.63) is 35.4 Å². The lowest BCUT2D eigenvalue weighted by molar-refractivity contribution is 0.142. The normalized spacial score (nSPS) is 35.5. The zero-order chi connectivity index (χ0) is 13.3. The second kappa shape index (κ2) is 5.49. The van der Waals surface area contributed by atoms with Crippen LogP contribution in [-0.4, -0.2) is 24.1 Å². The van der Waals surface area contributed by atoms with Crippen molar-refractivity contribution in [1.82, 2.24) is 5.32 Å². The van der Waals surface area contributed by atoms with E-state index in [4.69, 9.17) is 0 Å². The molecule has 1 N–H and O–H groups in total. The second-order valence-electron chi connectivity index (χ2n) is 6.27. The molecule has 2 saturated heterocycles. The number of hydrogen-bond donors (Lipinski definition) is 1. The van der Waals surface area contributed by atoms with Gasteiger partial charge in [-0.25, -0.2) is 0 Å². The number of rotatable bonds is 1. The number of aryl methyl sites for hydroxylation is 1. The maximum Gasteiger partial charge on any atom is 0.00820 e. The highest BCUT2D eigenvalue weighted by molar-refractivity contribution is 7.99. The molecule has 19 heavy (non-hydrogen) atoms. The van der Waals surface area contributed by atoms with E-state index in [0.29, 0.717) is 11.3 Å². The van der Waals surface area contributed by atoms with Crippen LogP contribution in [-0.2, 0) is 0 Å². The van der Waals surface area contributed by atoms with Crippen molar-refractivity contribution in [3.8, 4) is 0 Å². The lowest BCUT2D eigenvalue weighted by Gasteiger charge is -2.51. The van der Waals surface area contributed by atoms with Gasteiger partial charge in [0.05, 0.1) is 0 Å². The van der Waals surface area contributed by atoms with Crippen molar-refractivity contribution >= 4 is 11.8 Å². The number of thioether (sulfide) groups is 1. The minimum Gasteiger partial charge on any atom is -0.316 e. The lowest BCUT2D eigenvalue weighted by atomic mass is 9.63. The summed E-state index contributed by atoms with van der Waals surface area (Å²) in [5, 5.41) is 4.44. The molecule has 0 bridgehead atoms. The molecule has 1 aromatic carbocycles. The first-order valence-electron chi connectivity index (χ1n) is 7.61. The summed E-state index contributed by atoms with van der Waals surface area (Å²) >= 11 is 2.20. The zero-order valence-corrected chi connectivity index (χ0v) is 12.9. The summed E-state index contributed by atoms with van der Waals surface area (Å²) in [5.74, 6) is 2.06. The van der Waals surface area contributed by atoms with Crippen LogP contribution in [0.3, 0.4) is 0 Å². The summed E-state index contributed by atoms with van der Waals surface area (Å²) in [7, 11) is 0. The van der Waals surface area contributed by atoms with E-state index in [9.17, 15) is 0 Å². The predicted molar refractivity (Wildman–Crippen MR) is 85.0 cm³/mol. The Kier molecular flexibility index (Phi) is 3.91. The average Bonchev–Trinajstić information content (AvgIpc) is 2.43. The quantitative estimate of drug-likeness (QED) is 0.832. The summed E-state index contributed by atoms with van der Waals surface area (Å²) in [5.41, 5.74) is 3.48. The van der Waals surface area contributed by atoms with Crippen LogP contribution in [0.4, 0.5) is 0 Å². The summed E-state index contributed by atoms with van der Waals surface area (Å²) in [6.45, 7) is 7.05. The first-order valence-corrected chi connectivity index (χ1v) is 8.66. The van der Waals surface area contributed by atoms with Gasteiger partial charge < -0.3 is 5.32 Å². The van der Waals surface area contributed by atoms with Gasteiger partial charge >= 0.3 is 0 Å². The van der Waals surface area contributed by atoms with Crippen LogP contribution in [0.15, 0.2) is 24.3 Å². The molecule has 1 spiro atoms. The van der Waals surface area contributed by atoms with Gasteiger partial charge in [-0.3, -0.25) is 0 Å². The van der Waals surface area contributed by atoms with Gasteiger partial charge in [-0.15, -0.1) is 0 Å². The fraction of sp³-hybridized carbons (Fsp3) is 0.647. The molecule has 2 fully saturated rings. The molecule has 3 unspecified atom stereocenters. The van der Waals surface area contributed by atoms with Crippen LogP contribution >= 0.6 is 11.8 Å². The van der Waals surface area contributed by atoms with Gasteiger partial charge in [0.1, 0.15) is 0 Å². The topological polar surface area (TPSA) is 12.0 Å². The van der Waals surface area contributed by atoms with E-state index in [2.05, 4.69) is 55.2 Å². The van der Waals surface area contributed by atoms with Crippen molar-refractivity contribution in [2.75, 3.05) is 18.8 Å². The minimum atomic E-state index is 0.530. The zero-order valence-electron chi connectivity index (χ0n) is 12.1. The van der Waals surface area contributed by atoms with Gasteiger partial charge in [0.2, 0.25) is 0 Å². The van der Waals surface area contributed by atoms with Crippen molar-refractivity contribution in [3.63, 3.8) is 0 Å². The van der Waals surface area contributed by atoms with E-state index in [0.717, 1.165) is 11.8 Å². The Morgan fingerprint density at radius 3 is 3.00 bits per heavy atom. The molecule has 2 aliphatic rings. The van der Waals surface area contributed by atoms with Crippen LogP contribution in [0.5, 0.6) is 0 Å². The Morgan fingerprint density at radius 1 is 1.32 bits per heavy atom. The van der Waals surface area contributed by atoms with Crippen LogP contribution in [0.2, 0.25) is 0 Å². The monoisotopic (exact) mass is 275 g/mol. The largest absolute Gasteiger partial charge is 0.316 e. The van der Waals surface area contributed by atoms with E-state index < -0.39 is 0 Å². The van der Waals surface area contributed by atoms with Crippen LogP contribution in [0.1, 0.15) is 43.2 Å². The first kappa shape index (κ1) is 13.5. The smallest absolute Gasteiger partial charge is 0.00820 e. The van der Waals surface area contributed by atoms with Crippen molar-refractivity contribution < 1.29 is 0 Å². The molecule has 0 radical (unpaired) electrons. The fourth-order valence-electron chi connectivity index (χ4n) is 4.10. The Labute approximate surface area is 121 Å². The number of hydrogen-bond acceptors (Lipinski definition) is 2. The first-order chi connectivity index (χ1) is 9.22. The summed E-state index contributed by atoms with van der Waals surface area (Å²) in [6.07, 6.45) is 4.17. The molecule has 0 saturated carbocycles. The second-order valence-corrected chi connectivity index (χ2v) is 7.72. The van der Waals surface area contributed by atoms with Gasteiger partial charge in [-0.2, -0.15) is 11.8 Å². The summed E-state index contributed by atoms with van der Waals surface area (Å²) in [6, 6.07) is 9.20. The molecule has 2 heteroatoms. The molecule has 3 rings (SSSR count). The third kappa shape index (κ3) is 2.45. The minimum absolute atomic E-state index is 0.530. The predicted octanol–water partition coefficient (Wildman–Crippen LogP) is 3.97. The summed E-state index contributed by atoms with van der Waals surface area (Å²) in [4.78, 5) is 0. The average molecular weight is 275 g/mol. The Hall–Kier alpha value is -0.470. The van der Waals surface area contributed by atoms with E-state index in [1.807, 2.05) is 0 Å². The molecular weight excluding hydrogens is 250 g/mol. The van der Waals surface area contributed by atoms with Crippen LogP contribution in [0, 0.1) is 12.3 Å². The fourth-order valence-corrected chi connectivity index (χ4v) is 5.49. The Bertz CT molecular complexity index is 439. The van der Waals surface area contributed by atoms with E-state index in [-0.39, 0.29) is 0 Å². The molecule has 0 aliphatic carbocycles. The third-order valence-corrected chi connectivity index (χ3v) is 6.71. The molecular formula is C17H25NS. The van der Waals surface area contributed by atoms with E-state index >= 15 is 0 Å². The van der Waals surface area contributed by atoms with E-state index in [1.54, 1.807) is 5.56 Å². The van der Waals surface area contributed by atoms with Gasteiger partial charge in [-0.1, -0.05) is 36.8 Å². The Morgan fingerprint density at radius 2 is 2.21 bits per heavy atom. The highest BCUT2D eigenvalue weighted by atomic mass is 32.2. The van der Waals surface area contributed by atoms with Crippen LogP contribution < -0.4 is 5.32 Å². The van der Waals surface area contributed by atoms with Crippen molar-refractivity contribution in [2.24, 2.45) is 5.41 Å². The standard InChI is InChI=1S/C17H25NS/c1-13-5-3-6-15(11-13)16-12-18-9-8-17(16)7-4-10-19-14(17)2/h3,5-6,11,14,16,18H,4,7-10,12H2,1-2H3. The number of piperidine rings is 1. The molecule has 1 nitrogen and oxygen atoms in total. The molecule has 104 valence electrons. The van der Waals surface area contributed by atoms with Gasteiger partial charge in [-0.05, 0) is 49.5 Å². The van der Waals surface area contributed by atoms with Gasteiger partial charge in [0.25, 0.3) is 0 Å². The molecule has 1 aromatic rings. The highest BCUT2D eigenvalue weighted by Crippen LogP contribution is 2.53. The molecule has 2 heterocycles. The summed E-state index contributed by atoms with van der Waals surface area (Å²) < 4.78 is 0. The molecule has 0 amide bonds. The van der Waals surface area contributed by atoms with Gasteiger partial charge in [0, 0.05) is 17.7 Å². The third-order valence-electron chi connectivity index (χ3n) is 5.22. The maximum absolute atomic E-state index is 3.64. The van der Waals surface area contributed by atoms with Crippen LogP contribution in [0.25, 0.3) is 0 Å². The van der Waals surface area contributed by atoms with E-state index in [1.165, 1.54) is 37.1 Å². The molecule has 0 aromatic heterocycles. The Balaban J connectivity index is 1.96. The molecule has 3 atom stereocenters. The van der Waals surface area contributed by atoms with Gasteiger partial charge in [0.15, 0.2) is 0 Å². The molecule has 2 aliphatic heterocycles. The highest BCUT2D eigenvalue weighted by Gasteiger charge is 2.46. The SMILES string of the molecule is Cc1cccc(C2CNCCC23CCCSC3C)c1. The number of benzene rings is 1. The van der Waals surface area contributed by atoms with Crippen molar-refractivity contribution in [2.45, 2.75) is 44.3 Å². The van der Waals surface area contributed by atoms with Crippen molar-refractivity contribution in [1.29, 1.82) is 0 Å². The number of nitrogens with one attached hydrogen (secondary N) is 1.